The highest BCUT2D eigenvalue weighted by Crippen LogP contribution is 2.27. The molecule has 0 unspecified atom stereocenters. The van der Waals surface area contributed by atoms with Crippen LogP contribution < -0.4 is 9.47 Å². The third kappa shape index (κ3) is 4.78. The SMILES string of the molecule is C=C(C)C(=O)Oc1ccc(CCC)c(OC(C)C)c1. The Kier molecular flexibility index (Phi) is 5.61. The van der Waals surface area contributed by atoms with Crippen LogP contribution in [0.4, 0.5) is 0 Å². The van der Waals surface area contributed by atoms with E-state index in [1.807, 2.05) is 19.9 Å². The maximum atomic E-state index is 11.5. The van der Waals surface area contributed by atoms with Gasteiger partial charge in [0.25, 0.3) is 0 Å². The fourth-order valence-corrected chi connectivity index (χ4v) is 1.63. The summed E-state index contributed by atoms with van der Waals surface area (Å²) in [6.07, 6.45) is 2.07. The standard InChI is InChI=1S/C16H22O3/c1-6-7-13-8-9-14(19-16(17)11(2)3)10-15(13)18-12(4)5/h8-10,12H,2,6-7H2,1,3-5H3. The predicted molar refractivity (Wildman–Crippen MR) is 76.7 cm³/mol. The van der Waals surface area contributed by atoms with E-state index in [0.717, 1.165) is 24.2 Å². The van der Waals surface area contributed by atoms with Gasteiger partial charge in [-0.25, -0.2) is 4.79 Å². The zero-order valence-electron chi connectivity index (χ0n) is 12.2. The van der Waals surface area contributed by atoms with E-state index in [9.17, 15) is 4.79 Å². The van der Waals surface area contributed by atoms with E-state index < -0.39 is 5.97 Å². The highest BCUT2D eigenvalue weighted by Gasteiger charge is 2.10. The van der Waals surface area contributed by atoms with Gasteiger partial charge >= 0.3 is 5.97 Å². The lowest BCUT2D eigenvalue weighted by molar-refractivity contribution is -0.130. The first-order valence-corrected chi connectivity index (χ1v) is 6.61. The first-order chi connectivity index (χ1) is 8.93. The molecule has 0 saturated carbocycles. The van der Waals surface area contributed by atoms with Crippen LogP contribution in [-0.2, 0) is 11.2 Å². The molecule has 1 rings (SSSR count). The number of ether oxygens (including phenoxy) is 2. The van der Waals surface area contributed by atoms with Crippen LogP contribution in [0.1, 0.15) is 39.7 Å². The van der Waals surface area contributed by atoms with Crippen molar-refractivity contribution in [1.82, 2.24) is 0 Å². The van der Waals surface area contributed by atoms with E-state index in [0.29, 0.717) is 11.3 Å². The summed E-state index contributed by atoms with van der Waals surface area (Å²) in [6, 6.07) is 5.51. The van der Waals surface area contributed by atoms with E-state index in [-0.39, 0.29) is 6.10 Å². The van der Waals surface area contributed by atoms with Gasteiger partial charge in [0.1, 0.15) is 11.5 Å². The fraction of sp³-hybridized carbons (Fsp3) is 0.438. The van der Waals surface area contributed by atoms with Gasteiger partial charge in [0.15, 0.2) is 0 Å². The molecule has 0 bridgehead atoms. The van der Waals surface area contributed by atoms with Gasteiger partial charge in [-0.3, -0.25) is 0 Å². The first kappa shape index (κ1) is 15.3. The molecule has 104 valence electrons. The molecule has 0 amide bonds. The lowest BCUT2D eigenvalue weighted by Crippen LogP contribution is -2.10. The van der Waals surface area contributed by atoms with Gasteiger partial charge in [-0.1, -0.05) is 26.0 Å². The van der Waals surface area contributed by atoms with Gasteiger partial charge in [-0.2, -0.15) is 0 Å². The smallest absolute Gasteiger partial charge is 0.338 e. The van der Waals surface area contributed by atoms with E-state index in [1.165, 1.54) is 0 Å². The molecule has 0 saturated heterocycles. The van der Waals surface area contributed by atoms with Crippen molar-refractivity contribution >= 4 is 5.97 Å². The number of aryl methyl sites for hydroxylation is 1. The maximum absolute atomic E-state index is 11.5. The molecular weight excluding hydrogens is 240 g/mol. The Labute approximate surface area is 115 Å². The minimum absolute atomic E-state index is 0.0858. The molecule has 1 aromatic carbocycles. The molecule has 0 atom stereocenters. The Balaban J connectivity index is 2.96. The molecule has 3 nitrogen and oxygen atoms in total. The summed E-state index contributed by atoms with van der Waals surface area (Å²) in [5.41, 5.74) is 1.51. The lowest BCUT2D eigenvalue weighted by atomic mass is 10.1. The molecule has 0 heterocycles. The van der Waals surface area contributed by atoms with Crippen molar-refractivity contribution < 1.29 is 14.3 Å². The van der Waals surface area contributed by atoms with Gasteiger partial charge in [-0.15, -0.1) is 0 Å². The molecule has 1 aromatic rings. The molecular formula is C16H22O3. The first-order valence-electron chi connectivity index (χ1n) is 6.61. The van der Waals surface area contributed by atoms with E-state index >= 15 is 0 Å². The molecule has 0 N–H and O–H groups in total. The van der Waals surface area contributed by atoms with Crippen LogP contribution in [0, 0.1) is 0 Å². The van der Waals surface area contributed by atoms with Gasteiger partial charge < -0.3 is 9.47 Å². The van der Waals surface area contributed by atoms with Crippen LogP contribution in [0.2, 0.25) is 0 Å². The number of hydrogen-bond acceptors (Lipinski definition) is 3. The minimum atomic E-state index is -0.418. The molecule has 0 spiro atoms. The van der Waals surface area contributed by atoms with Crippen LogP contribution in [0.5, 0.6) is 11.5 Å². The minimum Gasteiger partial charge on any atom is -0.491 e. The topological polar surface area (TPSA) is 35.5 Å². The highest BCUT2D eigenvalue weighted by molar-refractivity contribution is 5.88. The number of rotatable bonds is 6. The monoisotopic (exact) mass is 262 g/mol. The molecule has 3 heteroatoms. The van der Waals surface area contributed by atoms with Crippen LogP contribution >= 0.6 is 0 Å². The lowest BCUT2D eigenvalue weighted by Gasteiger charge is -2.15. The summed E-state index contributed by atoms with van der Waals surface area (Å²) in [7, 11) is 0. The Morgan fingerprint density at radius 1 is 1.37 bits per heavy atom. The van der Waals surface area contributed by atoms with Crippen molar-refractivity contribution in [2.24, 2.45) is 0 Å². The number of hydrogen-bond donors (Lipinski definition) is 0. The van der Waals surface area contributed by atoms with Crippen molar-refractivity contribution in [3.63, 3.8) is 0 Å². The Bertz CT molecular complexity index is 461. The molecule has 0 aliphatic rings. The Hall–Kier alpha value is -1.77. The normalized spacial score (nSPS) is 10.4. The Morgan fingerprint density at radius 3 is 2.58 bits per heavy atom. The second-order valence-corrected chi connectivity index (χ2v) is 4.86. The van der Waals surface area contributed by atoms with Crippen molar-refractivity contribution in [3.8, 4) is 11.5 Å². The summed E-state index contributed by atoms with van der Waals surface area (Å²) < 4.78 is 11.0. The summed E-state index contributed by atoms with van der Waals surface area (Å²) in [5.74, 6) is 0.853. The highest BCUT2D eigenvalue weighted by atomic mass is 16.5. The average Bonchev–Trinajstić information content (AvgIpc) is 2.31. The molecule has 0 fully saturated rings. The van der Waals surface area contributed by atoms with Gasteiger partial charge in [-0.05, 0) is 38.8 Å². The number of benzene rings is 1. The van der Waals surface area contributed by atoms with Crippen molar-refractivity contribution in [1.29, 1.82) is 0 Å². The molecule has 19 heavy (non-hydrogen) atoms. The van der Waals surface area contributed by atoms with E-state index in [4.69, 9.17) is 9.47 Å². The van der Waals surface area contributed by atoms with Crippen LogP contribution in [0.25, 0.3) is 0 Å². The summed E-state index contributed by atoms with van der Waals surface area (Å²) in [4.78, 5) is 11.5. The van der Waals surface area contributed by atoms with Gasteiger partial charge in [0.2, 0.25) is 0 Å². The molecule has 0 aromatic heterocycles. The van der Waals surface area contributed by atoms with Crippen molar-refractivity contribution in [2.45, 2.75) is 46.6 Å². The number of carbonyl (C=O) groups excluding carboxylic acids is 1. The summed E-state index contributed by atoms with van der Waals surface area (Å²) >= 11 is 0. The third-order valence-electron chi connectivity index (χ3n) is 2.48. The predicted octanol–water partition coefficient (Wildman–Crippen LogP) is 3.91. The number of carbonyl (C=O) groups is 1. The Morgan fingerprint density at radius 2 is 2.05 bits per heavy atom. The van der Waals surface area contributed by atoms with Crippen LogP contribution in [0.15, 0.2) is 30.4 Å². The van der Waals surface area contributed by atoms with E-state index in [1.54, 1.807) is 19.1 Å². The molecule has 0 radical (unpaired) electrons. The average molecular weight is 262 g/mol. The second kappa shape index (κ2) is 6.98. The number of esters is 1. The maximum Gasteiger partial charge on any atom is 0.338 e. The largest absolute Gasteiger partial charge is 0.491 e. The molecule has 0 aliphatic carbocycles. The quantitative estimate of drug-likeness (QED) is 0.443. The fourth-order valence-electron chi connectivity index (χ4n) is 1.63. The van der Waals surface area contributed by atoms with Crippen molar-refractivity contribution in [2.75, 3.05) is 0 Å². The van der Waals surface area contributed by atoms with Crippen LogP contribution in [0.3, 0.4) is 0 Å². The van der Waals surface area contributed by atoms with E-state index in [2.05, 4.69) is 13.5 Å². The second-order valence-electron chi connectivity index (χ2n) is 4.86. The van der Waals surface area contributed by atoms with Crippen molar-refractivity contribution in [3.05, 3.63) is 35.9 Å². The third-order valence-corrected chi connectivity index (χ3v) is 2.48. The molecule has 0 aliphatic heterocycles. The summed E-state index contributed by atoms with van der Waals surface area (Å²) in [6.45, 7) is 11.3. The van der Waals surface area contributed by atoms with Gasteiger partial charge in [0.05, 0.1) is 6.10 Å². The zero-order valence-corrected chi connectivity index (χ0v) is 12.2. The zero-order chi connectivity index (χ0) is 14.4. The summed E-state index contributed by atoms with van der Waals surface area (Å²) in [5, 5.41) is 0. The van der Waals surface area contributed by atoms with Gasteiger partial charge in [0, 0.05) is 11.6 Å². The van der Waals surface area contributed by atoms with Crippen LogP contribution in [-0.4, -0.2) is 12.1 Å².